The molecule has 0 aliphatic rings. The number of rotatable bonds is 10. The quantitative estimate of drug-likeness (QED) is 0.483. The smallest absolute Gasteiger partial charge is 0.411 e. The summed E-state index contributed by atoms with van der Waals surface area (Å²) in [6.07, 6.45) is 5.21. The molecule has 2 N–H and O–H groups in total. The van der Waals surface area contributed by atoms with Crippen molar-refractivity contribution < 1.29 is 19.4 Å². The summed E-state index contributed by atoms with van der Waals surface area (Å²) in [5, 5.41) is 20.1. The van der Waals surface area contributed by atoms with Gasteiger partial charge < -0.3 is 9.84 Å². The van der Waals surface area contributed by atoms with Crippen molar-refractivity contribution in [2.75, 3.05) is 11.9 Å². The van der Waals surface area contributed by atoms with Crippen LogP contribution in [0.5, 0.6) is 0 Å². The molecule has 10 heteroatoms. The van der Waals surface area contributed by atoms with Gasteiger partial charge in [0.1, 0.15) is 11.4 Å². The van der Waals surface area contributed by atoms with Crippen LogP contribution in [0.1, 0.15) is 37.9 Å². The lowest BCUT2D eigenvalue weighted by Crippen LogP contribution is -2.17. The van der Waals surface area contributed by atoms with E-state index in [0.717, 1.165) is 5.56 Å². The second-order valence-electron chi connectivity index (χ2n) is 8.02. The van der Waals surface area contributed by atoms with Crippen LogP contribution in [0, 0.1) is 5.92 Å². The minimum atomic E-state index is -0.846. The van der Waals surface area contributed by atoms with E-state index in [4.69, 9.17) is 9.84 Å². The Balaban J connectivity index is 1.69. The molecule has 33 heavy (non-hydrogen) atoms. The SMILES string of the molecule is CC(C)COC(=O)Nc1cccc(Cc2nn(-c3cnn(CCCC(=O)O)c3)ccc2=O)c1. The molecule has 2 aromatic heterocycles. The zero-order valence-electron chi connectivity index (χ0n) is 18.6. The molecule has 0 unspecified atom stereocenters. The molecule has 2 heterocycles. The molecule has 0 saturated carbocycles. The molecular formula is C23H27N5O5. The minimum Gasteiger partial charge on any atom is -0.481 e. The van der Waals surface area contributed by atoms with E-state index >= 15 is 0 Å². The van der Waals surface area contributed by atoms with Gasteiger partial charge >= 0.3 is 12.1 Å². The predicted molar refractivity (Wildman–Crippen MR) is 122 cm³/mol. The lowest BCUT2D eigenvalue weighted by Gasteiger charge is -2.10. The number of carboxylic acids is 1. The number of hydrogen-bond acceptors (Lipinski definition) is 6. The first-order valence-electron chi connectivity index (χ1n) is 10.7. The van der Waals surface area contributed by atoms with Crippen LogP contribution in [0.2, 0.25) is 0 Å². The number of amides is 1. The van der Waals surface area contributed by atoms with Gasteiger partial charge in [-0.15, -0.1) is 0 Å². The molecule has 0 aliphatic carbocycles. The number of carbonyl (C=O) groups is 2. The molecule has 0 aliphatic heterocycles. The van der Waals surface area contributed by atoms with Crippen LogP contribution >= 0.6 is 0 Å². The Labute approximate surface area is 190 Å². The summed E-state index contributed by atoms with van der Waals surface area (Å²) in [5.74, 6) is -0.605. The van der Waals surface area contributed by atoms with Gasteiger partial charge in [0.25, 0.3) is 0 Å². The topological polar surface area (TPSA) is 128 Å². The van der Waals surface area contributed by atoms with Crippen molar-refractivity contribution in [3.63, 3.8) is 0 Å². The van der Waals surface area contributed by atoms with Gasteiger partial charge in [-0.25, -0.2) is 9.48 Å². The van der Waals surface area contributed by atoms with Gasteiger partial charge in [-0.05, 0) is 30.0 Å². The summed E-state index contributed by atoms with van der Waals surface area (Å²) in [4.78, 5) is 35.0. The highest BCUT2D eigenvalue weighted by Crippen LogP contribution is 2.14. The minimum absolute atomic E-state index is 0.0684. The maximum Gasteiger partial charge on any atom is 0.411 e. The maximum absolute atomic E-state index is 12.4. The van der Waals surface area contributed by atoms with Crippen LogP contribution in [-0.2, 0) is 22.5 Å². The number of nitrogens with one attached hydrogen (secondary N) is 1. The third kappa shape index (κ3) is 7.30. The van der Waals surface area contributed by atoms with Crippen molar-refractivity contribution in [1.82, 2.24) is 19.6 Å². The van der Waals surface area contributed by atoms with E-state index < -0.39 is 12.1 Å². The van der Waals surface area contributed by atoms with Crippen LogP contribution in [0.15, 0.2) is 53.7 Å². The zero-order valence-corrected chi connectivity index (χ0v) is 18.6. The van der Waals surface area contributed by atoms with Crippen molar-refractivity contribution in [3.05, 3.63) is 70.4 Å². The summed E-state index contributed by atoms with van der Waals surface area (Å²) in [7, 11) is 0. The Morgan fingerprint density at radius 3 is 2.82 bits per heavy atom. The van der Waals surface area contributed by atoms with Crippen molar-refractivity contribution in [1.29, 1.82) is 0 Å². The van der Waals surface area contributed by atoms with Crippen molar-refractivity contribution in [2.24, 2.45) is 5.92 Å². The van der Waals surface area contributed by atoms with Gasteiger partial charge in [0.15, 0.2) is 0 Å². The van der Waals surface area contributed by atoms with E-state index in [1.807, 2.05) is 19.9 Å². The van der Waals surface area contributed by atoms with Crippen LogP contribution in [-0.4, -0.2) is 43.3 Å². The molecule has 174 valence electrons. The Morgan fingerprint density at radius 1 is 1.24 bits per heavy atom. The molecule has 0 radical (unpaired) electrons. The number of anilines is 1. The summed E-state index contributed by atoms with van der Waals surface area (Å²) in [6, 6.07) is 8.60. The van der Waals surface area contributed by atoms with Crippen LogP contribution < -0.4 is 10.7 Å². The number of hydrogen-bond donors (Lipinski definition) is 2. The van der Waals surface area contributed by atoms with E-state index in [-0.39, 0.29) is 24.2 Å². The molecule has 0 saturated heterocycles. The summed E-state index contributed by atoms with van der Waals surface area (Å²) >= 11 is 0. The second kappa shape index (κ2) is 11.1. The maximum atomic E-state index is 12.4. The largest absolute Gasteiger partial charge is 0.481 e. The van der Waals surface area contributed by atoms with E-state index in [0.29, 0.717) is 36.6 Å². The third-order valence-corrected chi connectivity index (χ3v) is 4.63. The second-order valence-corrected chi connectivity index (χ2v) is 8.02. The molecule has 0 bridgehead atoms. The highest BCUT2D eigenvalue weighted by molar-refractivity contribution is 5.84. The highest BCUT2D eigenvalue weighted by atomic mass is 16.5. The summed E-state index contributed by atoms with van der Waals surface area (Å²) in [6.45, 7) is 4.71. The number of nitrogens with zero attached hydrogens (tertiary/aromatic N) is 4. The first kappa shape index (κ1) is 23.7. The fraction of sp³-hybridized carbons (Fsp3) is 0.348. The number of carbonyl (C=O) groups excluding carboxylic acids is 1. The normalized spacial score (nSPS) is 10.9. The number of aryl methyl sites for hydroxylation is 1. The zero-order chi connectivity index (χ0) is 23.8. The van der Waals surface area contributed by atoms with E-state index in [2.05, 4.69) is 15.5 Å². The number of benzene rings is 1. The highest BCUT2D eigenvalue weighted by Gasteiger charge is 2.10. The lowest BCUT2D eigenvalue weighted by molar-refractivity contribution is -0.137. The Morgan fingerprint density at radius 2 is 2.06 bits per heavy atom. The van der Waals surface area contributed by atoms with Crippen LogP contribution in [0.3, 0.4) is 0 Å². The van der Waals surface area contributed by atoms with E-state index in [1.54, 1.807) is 46.2 Å². The van der Waals surface area contributed by atoms with Crippen LogP contribution in [0.25, 0.3) is 5.69 Å². The van der Waals surface area contributed by atoms with Gasteiger partial charge in [0.2, 0.25) is 5.43 Å². The molecule has 0 spiro atoms. The molecule has 1 aromatic carbocycles. The van der Waals surface area contributed by atoms with E-state index in [9.17, 15) is 14.4 Å². The number of aliphatic carboxylic acids is 1. The average Bonchev–Trinajstić information content (AvgIpc) is 3.23. The van der Waals surface area contributed by atoms with Gasteiger partial charge in [0.05, 0.1) is 19.0 Å². The van der Waals surface area contributed by atoms with Gasteiger partial charge in [-0.2, -0.15) is 10.2 Å². The van der Waals surface area contributed by atoms with Crippen molar-refractivity contribution >= 4 is 17.7 Å². The Bertz CT molecular complexity index is 1170. The first-order valence-corrected chi connectivity index (χ1v) is 10.7. The van der Waals surface area contributed by atoms with Crippen molar-refractivity contribution in [2.45, 2.75) is 39.7 Å². The first-order chi connectivity index (χ1) is 15.8. The molecule has 3 aromatic rings. The van der Waals surface area contributed by atoms with Crippen molar-refractivity contribution in [3.8, 4) is 5.69 Å². The molecule has 0 atom stereocenters. The number of aromatic nitrogens is 4. The standard InChI is InChI=1S/C23H27N5O5/c1-16(2)15-33-23(32)25-18-6-3-5-17(11-18)12-20-21(29)8-10-28(26-20)19-13-24-27(14-19)9-4-7-22(30)31/h3,5-6,8,10-11,13-14,16H,4,7,9,12,15H2,1-2H3,(H,25,32)(H,30,31). The monoisotopic (exact) mass is 453 g/mol. The fourth-order valence-corrected chi connectivity index (χ4v) is 3.05. The van der Waals surface area contributed by atoms with Gasteiger partial charge in [0, 0.05) is 37.3 Å². The lowest BCUT2D eigenvalue weighted by atomic mass is 10.1. The number of ether oxygens (including phenoxy) is 1. The fourth-order valence-electron chi connectivity index (χ4n) is 3.05. The third-order valence-electron chi connectivity index (χ3n) is 4.63. The Kier molecular flexibility index (Phi) is 7.96. The Hall–Kier alpha value is -3.95. The summed E-state index contributed by atoms with van der Waals surface area (Å²) < 4.78 is 8.34. The predicted octanol–water partition coefficient (Wildman–Crippen LogP) is 3.09. The van der Waals surface area contributed by atoms with E-state index in [1.165, 1.54) is 6.07 Å². The molecule has 10 nitrogen and oxygen atoms in total. The molecule has 1 amide bonds. The summed E-state index contributed by atoms with van der Waals surface area (Å²) in [5.41, 5.74) is 2.18. The molecule has 0 fully saturated rings. The number of carboxylic acid groups (broad SMARTS) is 1. The molecule has 3 rings (SSSR count). The van der Waals surface area contributed by atoms with Gasteiger partial charge in [-0.1, -0.05) is 26.0 Å². The van der Waals surface area contributed by atoms with Crippen LogP contribution in [0.4, 0.5) is 10.5 Å². The average molecular weight is 453 g/mol. The van der Waals surface area contributed by atoms with Gasteiger partial charge in [-0.3, -0.25) is 19.6 Å². The molecular weight excluding hydrogens is 426 g/mol.